The van der Waals surface area contributed by atoms with Crippen molar-refractivity contribution in [3.63, 3.8) is 0 Å². The van der Waals surface area contributed by atoms with E-state index >= 15 is 0 Å². The third kappa shape index (κ3) is 3.88. The molecular formula is C16H31ClN2O. The zero-order chi connectivity index (χ0) is 14.1. The zero-order valence-corrected chi connectivity index (χ0v) is 14.1. The van der Waals surface area contributed by atoms with Crippen molar-refractivity contribution in [3.8, 4) is 0 Å². The van der Waals surface area contributed by atoms with Crippen LogP contribution in [0, 0.1) is 11.3 Å². The Hall–Kier alpha value is -0.280. The first kappa shape index (κ1) is 17.8. The van der Waals surface area contributed by atoms with Crippen LogP contribution in [0.2, 0.25) is 0 Å². The molecule has 0 aromatic heterocycles. The average Bonchev–Trinajstić information content (AvgIpc) is 2.38. The van der Waals surface area contributed by atoms with Crippen LogP contribution in [0.4, 0.5) is 0 Å². The number of hydrogen-bond donors (Lipinski definition) is 1. The Morgan fingerprint density at radius 2 is 1.60 bits per heavy atom. The van der Waals surface area contributed by atoms with Crippen molar-refractivity contribution in [2.45, 2.75) is 71.3 Å². The fourth-order valence-corrected chi connectivity index (χ4v) is 3.66. The number of amides is 1. The normalized spacial score (nSPS) is 24.1. The Bertz CT molecular complexity index is 324. The molecule has 4 heteroatoms. The van der Waals surface area contributed by atoms with Crippen molar-refractivity contribution >= 4 is 18.3 Å². The van der Waals surface area contributed by atoms with Crippen LogP contribution in [-0.2, 0) is 4.79 Å². The summed E-state index contributed by atoms with van der Waals surface area (Å²) in [5, 5.41) is 0. The number of carbonyl (C=O) groups excluding carboxylic acids is 1. The van der Waals surface area contributed by atoms with Gasteiger partial charge >= 0.3 is 0 Å². The minimum atomic E-state index is -0.549. The first-order valence-electron chi connectivity index (χ1n) is 7.91. The average molecular weight is 303 g/mol. The summed E-state index contributed by atoms with van der Waals surface area (Å²) in [5.74, 6) is 0.955. The van der Waals surface area contributed by atoms with Gasteiger partial charge in [-0.05, 0) is 37.0 Å². The van der Waals surface area contributed by atoms with E-state index < -0.39 is 5.54 Å². The van der Waals surface area contributed by atoms with Gasteiger partial charge in [-0.15, -0.1) is 12.4 Å². The Morgan fingerprint density at radius 3 is 2.05 bits per heavy atom. The molecule has 0 radical (unpaired) electrons. The van der Waals surface area contributed by atoms with Gasteiger partial charge in [-0.25, -0.2) is 0 Å². The molecule has 1 aliphatic carbocycles. The lowest BCUT2D eigenvalue weighted by Crippen LogP contribution is -2.58. The van der Waals surface area contributed by atoms with E-state index in [-0.39, 0.29) is 18.3 Å². The Labute approximate surface area is 130 Å². The summed E-state index contributed by atoms with van der Waals surface area (Å²) in [6, 6.07) is 0. The van der Waals surface area contributed by atoms with Crippen LogP contribution in [0.15, 0.2) is 0 Å². The minimum absolute atomic E-state index is 0. The summed E-state index contributed by atoms with van der Waals surface area (Å²) in [5.41, 5.74) is 6.18. The predicted molar refractivity (Wildman–Crippen MR) is 86.0 cm³/mol. The Kier molecular flexibility index (Phi) is 5.91. The highest BCUT2D eigenvalue weighted by Gasteiger charge is 2.40. The molecule has 0 unspecified atom stereocenters. The van der Waals surface area contributed by atoms with Crippen LogP contribution >= 0.6 is 12.4 Å². The van der Waals surface area contributed by atoms with Gasteiger partial charge in [-0.2, -0.15) is 0 Å². The zero-order valence-electron chi connectivity index (χ0n) is 13.3. The molecule has 1 saturated carbocycles. The highest BCUT2D eigenvalue weighted by Crippen LogP contribution is 2.35. The van der Waals surface area contributed by atoms with Crippen LogP contribution in [0.25, 0.3) is 0 Å². The van der Waals surface area contributed by atoms with Gasteiger partial charge in [0.15, 0.2) is 0 Å². The van der Waals surface area contributed by atoms with Gasteiger partial charge < -0.3 is 10.6 Å². The molecule has 0 aromatic rings. The summed E-state index contributed by atoms with van der Waals surface area (Å²) in [6.45, 7) is 8.72. The fourth-order valence-electron chi connectivity index (χ4n) is 3.66. The van der Waals surface area contributed by atoms with E-state index in [2.05, 4.69) is 20.8 Å². The highest BCUT2D eigenvalue weighted by atomic mass is 35.5. The molecule has 1 saturated heterocycles. The van der Waals surface area contributed by atoms with Gasteiger partial charge in [0, 0.05) is 13.1 Å². The summed E-state index contributed by atoms with van der Waals surface area (Å²) >= 11 is 0. The number of likely N-dealkylation sites (tertiary alicyclic amines) is 1. The summed E-state index contributed by atoms with van der Waals surface area (Å²) < 4.78 is 0. The lowest BCUT2D eigenvalue weighted by atomic mass is 9.74. The van der Waals surface area contributed by atoms with Crippen molar-refractivity contribution in [3.05, 3.63) is 0 Å². The maximum absolute atomic E-state index is 12.6. The van der Waals surface area contributed by atoms with Crippen molar-refractivity contribution < 1.29 is 4.79 Å². The number of nitrogens with zero attached hydrogens (tertiary/aromatic N) is 1. The molecule has 2 N–H and O–H groups in total. The van der Waals surface area contributed by atoms with Crippen LogP contribution in [-0.4, -0.2) is 29.4 Å². The number of hydrogen-bond acceptors (Lipinski definition) is 2. The number of rotatable bonds is 1. The SMILES string of the molecule is CC(C)(C)C1CCN(C(=O)C2(N)CCCCC2)CC1.Cl. The summed E-state index contributed by atoms with van der Waals surface area (Å²) in [7, 11) is 0. The third-order valence-electron chi connectivity index (χ3n) is 5.18. The quantitative estimate of drug-likeness (QED) is 0.807. The van der Waals surface area contributed by atoms with E-state index in [9.17, 15) is 4.79 Å². The van der Waals surface area contributed by atoms with Gasteiger partial charge in [0.05, 0.1) is 5.54 Å². The standard InChI is InChI=1S/C16H30N2O.ClH/c1-15(2,3)13-7-11-18(12-8-13)14(19)16(17)9-5-4-6-10-16;/h13H,4-12,17H2,1-3H3;1H. The molecule has 2 fully saturated rings. The van der Waals surface area contributed by atoms with Gasteiger partial charge in [0.2, 0.25) is 5.91 Å². The van der Waals surface area contributed by atoms with E-state index in [1.54, 1.807) is 0 Å². The van der Waals surface area contributed by atoms with E-state index in [4.69, 9.17) is 5.73 Å². The van der Waals surface area contributed by atoms with Crippen molar-refractivity contribution in [2.75, 3.05) is 13.1 Å². The van der Waals surface area contributed by atoms with Gasteiger partial charge in [-0.3, -0.25) is 4.79 Å². The molecule has 1 aliphatic heterocycles. The molecule has 20 heavy (non-hydrogen) atoms. The Morgan fingerprint density at radius 1 is 1.10 bits per heavy atom. The number of carbonyl (C=O) groups is 1. The maximum atomic E-state index is 12.6. The van der Waals surface area contributed by atoms with Crippen LogP contribution in [0.3, 0.4) is 0 Å². The van der Waals surface area contributed by atoms with Gasteiger partial charge in [0.1, 0.15) is 0 Å². The molecule has 2 rings (SSSR count). The lowest BCUT2D eigenvalue weighted by molar-refractivity contribution is -0.140. The molecule has 0 aromatic carbocycles. The number of halogens is 1. The molecule has 0 spiro atoms. The van der Waals surface area contributed by atoms with E-state index in [0.29, 0.717) is 5.41 Å². The first-order chi connectivity index (χ1) is 8.83. The summed E-state index contributed by atoms with van der Waals surface area (Å²) in [4.78, 5) is 14.7. The topological polar surface area (TPSA) is 46.3 Å². The van der Waals surface area contributed by atoms with Gasteiger partial charge in [-0.1, -0.05) is 40.0 Å². The van der Waals surface area contributed by atoms with E-state index in [1.807, 2.05) is 4.90 Å². The molecular weight excluding hydrogens is 272 g/mol. The molecule has 2 aliphatic rings. The molecule has 1 amide bonds. The Balaban J connectivity index is 0.00000200. The fraction of sp³-hybridized carbons (Fsp3) is 0.938. The lowest BCUT2D eigenvalue weighted by Gasteiger charge is -2.42. The number of piperidine rings is 1. The number of nitrogens with two attached hydrogens (primary N) is 1. The van der Waals surface area contributed by atoms with E-state index in [0.717, 1.165) is 57.5 Å². The van der Waals surface area contributed by atoms with Crippen LogP contribution in [0.5, 0.6) is 0 Å². The minimum Gasteiger partial charge on any atom is -0.341 e. The molecule has 0 bridgehead atoms. The molecule has 1 heterocycles. The van der Waals surface area contributed by atoms with Gasteiger partial charge in [0.25, 0.3) is 0 Å². The molecule has 3 nitrogen and oxygen atoms in total. The third-order valence-corrected chi connectivity index (χ3v) is 5.18. The first-order valence-corrected chi connectivity index (χ1v) is 7.91. The van der Waals surface area contributed by atoms with Crippen molar-refractivity contribution in [2.24, 2.45) is 17.1 Å². The second-order valence-corrected chi connectivity index (χ2v) is 7.65. The monoisotopic (exact) mass is 302 g/mol. The molecule has 0 atom stereocenters. The van der Waals surface area contributed by atoms with Crippen LogP contribution < -0.4 is 5.73 Å². The van der Waals surface area contributed by atoms with Crippen LogP contribution in [0.1, 0.15) is 65.7 Å². The predicted octanol–water partition coefficient (Wildman–Crippen LogP) is 3.35. The molecule has 118 valence electrons. The second-order valence-electron chi connectivity index (χ2n) is 7.65. The largest absolute Gasteiger partial charge is 0.341 e. The summed E-state index contributed by atoms with van der Waals surface area (Å²) in [6.07, 6.45) is 7.48. The van der Waals surface area contributed by atoms with Crippen molar-refractivity contribution in [1.82, 2.24) is 4.90 Å². The maximum Gasteiger partial charge on any atom is 0.242 e. The van der Waals surface area contributed by atoms with E-state index in [1.165, 1.54) is 6.42 Å². The smallest absolute Gasteiger partial charge is 0.242 e. The van der Waals surface area contributed by atoms with Crippen molar-refractivity contribution in [1.29, 1.82) is 0 Å². The second kappa shape index (κ2) is 6.65. The highest BCUT2D eigenvalue weighted by molar-refractivity contribution is 5.86.